The average Bonchev–Trinajstić information content (AvgIpc) is 2.99. The van der Waals surface area contributed by atoms with E-state index in [1.165, 1.54) is 18.6 Å². The first-order valence-electron chi connectivity index (χ1n) is 6.25. The third kappa shape index (κ3) is 3.85. The van der Waals surface area contributed by atoms with E-state index in [1.54, 1.807) is 42.7 Å². The molecule has 2 aromatic rings. The van der Waals surface area contributed by atoms with Gasteiger partial charge in [-0.25, -0.2) is 4.79 Å². The predicted molar refractivity (Wildman–Crippen MR) is 74.3 cm³/mol. The lowest BCUT2D eigenvalue weighted by atomic mass is 10.2. The molecule has 0 saturated heterocycles. The number of rotatable bonds is 4. The van der Waals surface area contributed by atoms with Gasteiger partial charge in [-0.1, -0.05) is 6.07 Å². The summed E-state index contributed by atoms with van der Waals surface area (Å²) >= 11 is 0. The van der Waals surface area contributed by atoms with Crippen molar-refractivity contribution in [1.29, 1.82) is 0 Å². The Balaban J connectivity index is 2.04. The second kappa shape index (κ2) is 6.60. The largest absolute Gasteiger partial charge is 0.493 e. The fourth-order valence-electron chi connectivity index (χ4n) is 1.72. The third-order valence-electron chi connectivity index (χ3n) is 2.66. The van der Waals surface area contributed by atoms with Crippen LogP contribution in [0.15, 0.2) is 42.7 Å². The Bertz CT molecular complexity index is 634. The van der Waals surface area contributed by atoms with Gasteiger partial charge in [0.15, 0.2) is 11.5 Å². The molecule has 0 unspecified atom stereocenters. The van der Waals surface area contributed by atoms with Gasteiger partial charge >= 0.3 is 12.1 Å². The fourth-order valence-corrected chi connectivity index (χ4v) is 1.72. The van der Waals surface area contributed by atoms with Gasteiger partial charge in [0.05, 0.1) is 7.11 Å². The van der Waals surface area contributed by atoms with E-state index >= 15 is 0 Å². The number of carbonyl (C=O) groups excluding carboxylic acids is 2. The quantitative estimate of drug-likeness (QED) is 0.639. The second-order valence-corrected chi connectivity index (χ2v) is 4.22. The van der Waals surface area contributed by atoms with Crippen LogP contribution >= 0.6 is 0 Å². The van der Waals surface area contributed by atoms with Crippen LogP contribution in [-0.4, -0.2) is 23.7 Å². The molecular weight excluding hydrogens is 274 g/mol. The summed E-state index contributed by atoms with van der Waals surface area (Å²) in [6, 6.07) is 8.42. The average molecular weight is 289 g/mol. The Morgan fingerprint density at radius 3 is 2.48 bits per heavy atom. The van der Waals surface area contributed by atoms with Gasteiger partial charge in [-0.3, -0.25) is 9.36 Å². The number of methoxy groups -OCH3 is 1. The van der Waals surface area contributed by atoms with Crippen LogP contribution in [0.1, 0.15) is 12.5 Å². The third-order valence-corrected chi connectivity index (χ3v) is 2.66. The van der Waals surface area contributed by atoms with Gasteiger partial charge in [-0.2, -0.15) is 0 Å². The molecular formula is C15H15NO5. The summed E-state index contributed by atoms with van der Waals surface area (Å²) in [5, 5.41) is 0. The van der Waals surface area contributed by atoms with Crippen molar-refractivity contribution >= 4 is 12.1 Å². The van der Waals surface area contributed by atoms with Crippen molar-refractivity contribution in [2.24, 2.45) is 0 Å². The van der Waals surface area contributed by atoms with Gasteiger partial charge in [0.1, 0.15) is 6.61 Å². The first-order valence-corrected chi connectivity index (χ1v) is 6.25. The monoisotopic (exact) mass is 289 g/mol. The normalized spacial score (nSPS) is 10.0. The minimum absolute atomic E-state index is 0.0910. The summed E-state index contributed by atoms with van der Waals surface area (Å²) in [5.41, 5.74) is 0.725. The maximum atomic E-state index is 11.7. The molecule has 6 heteroatoms. The summed E-state index contributed by atoms with van der Waals surface area (Å²) in [6.45, 7) is 1.40. The summed E-state index contributed by atoms with van der Waals surface area (Å²) < 4.78 is 16.6. The van der Waals surface area contributed by atoms with E-state index in [2.05, 4.69) is 0 Å². The second-order valence-electron chi connectivity index (χ2n) is 4.22. The highest BCUT2D eigenvalue weighted by molar-refractivity contribution is 5.71. The van der Waals surface area contributed by atoms with E-state index in [9.17, 15) is 9.59 Å². The van der Waals surface area contributed by atoms with E-state index in [0.717, 1.165) is 5.56 Å². The predicted octanol–water partition coefficient (Wildman–Crippen LogP) is 2.61. The molecule has 0 fully saturated rings. The molecule has 1 aromatic heterocycles. The van der Waals surface area contributed by atoms with Gasteiger partial charge < -0.3 is 14.2 Å². The first-order chi connectivity index (χ1) is 10.1. The maximum Gasteiger partial charge on any atom is 0.418 e. The van der Waals surface area contributed by atoms with E-state index in [0.29, 0.717) is 11.5 Å². The number of hydrogen-bond donors (Lipinski definition) is 0. The van der Waals surface area contributed by atoms with Crippen LogP contribution < -0.4 is 9.47 Å². The highest BCUT2D eigenvalue weighted by atomic mass is 16.6. The van der Waals surface area contributed by atoms with Gasteiger partial charge in [0.25, 0.3) is 0 Å². The van der Waals surface area contributed by atoms with Gasteiger partial charge in [-0.05, 0) is 29.8 Å². The molecule has 0 saturated carbocycles. The molecule has 0 bridgehead atoms. The van der Waals surface area contributed by atoms with Crippen molar-refractivity contribution in [3.8, 4) is 11.5 Å². The standard InChI is InChI=1S/C15H15NO5/c1-11(17)21-13-6-5-12(9-14(13)19-2)10-20-15(18)16-7-3-4-8-16/h3-9H,10H2,1-2H3. The molecule has 0 aliphatic rings. The Labute approximate surface area is 121 Å². The molecule has 21 heavy (non-hydrogen) atoms. The molecule has 6 nitrogen and oxygen atoms in total. The van der Waals surface area contributed by atoms with E-state index < -0.39 is 12.1 Å². The minimum atomic E-state index is -0.469. The smallest absolute Gasteiger partial charge is 0.418 e. The Morgan fingerprint density at radius 2 is 1.86 bits per heavy atom. The molecule has 0 aliphatic heterocycles. The van der Waals surface area contributed by atoms with Crippen molar-refractivity contribution in [3.05, 3.63) is 48.3 Å². The van der Waals surface area contributed by atoms with E-state index in [4.69, 9.17) is 14.2 Å². The minimum Gasteiger partial charge on any atom is -0.493 e. The van der Waals surface area contributed by atoms with Gasteiger partial charge in [0, 0.05) is 19.3 Å². The lowest BCUT2D eigenvalue weighted by Crippen LogP contribution is -2.11. The van der Waals surface area contributed by atoms with Crippen LogP contribution in [0, 0.1) is 0 Å². The molecule has 0 N–H and O–H groups in total. The lowest BCUT2D eigenvalue weighted by Gasteiger charge is -2.10. The zero-order valence-electron chi connectivity index (χ0n) is 11.7. The molecule has 0 spiro atoms. The van der Waals surface area contributed by atoms with Crippen molar-refractivity contribution < 1.29 is 23.8 Å². The number of nitrogens with zero attached hydrogens (tertiary/aromatic N) is 1. The van der Waals surface area contributed by atoms with Crippen molar-refractivity contribution in [3.63, 3.8) is 0 Å². The number of ether oxygens (including phenoxy) is 3. The van der Waals surface area contributed by atoms with Crippen LogP contribution in [0.5, 0.6) is 11.5 Å². The molecule has 0 amide bonds. The van der Waals surface area contributed by atoms with Crippen LogP contribution in [0.4, 0.5) is 4.79 Å². The molecule has 0 atom stereocenters. The van der Waals surface area contributed by atoms with Crippen molar-refractivity contribution in [1.82, 2.24) is 4.57 Å². The van der Waals surface area contributed by atoms with Crippen LogP contribution in [0.3, 0.4) is 0 Å². The van der Waals surface area contributed by atoms with Crippen LogP contribution in [-0.2, 0) is 16.1 Å². The summed E-state index contributed by atoms with van der Waals surface area (Å²) in [6.07, 6.45) is 2.74. The van der Waals surface area contributed by atoms with Crippen LogP contribution in [0.25, 0.3) is 0 Å². The van der Waals surface area contributed by atoms with Gasteiger partial charge in [-0.15, -0.1) is 0 Å². The first kappa shape index (κ1) is 14.6. The summed E-state index contributed by atoms with van der Waals surface area (Å²) in [4.78, 5) is 22.6. The number of carbonyl (C=O) groups is 2. The summed E-state index contributed by atoms with van der Waals surface area (Å²) in [5.74, 6) is 0.297. The van der Waals surface area contributed by atoms with Crippen molar-refractivity contribution in [2.45, 2.75) is 13.5 Å². The van der Waals surface area contributed by atoms with Gasteiger partial charge in [0.2, 0.25) is 0 Å². The molecule has 0 radical (unpaired) electrons. The highest BCUT2D eigenvalue weighted by Crippen LogP contribution is 2.28. The SMILES string of the molecule is COc1cc(COC(=O)n2cccc2)ccc1OC(C)=O. The summed E-state index contributed by atoms with van der Waals surface area (Å²) in [7, 11) is 1.47. The maximum absolute atomic E-state index is 11.7. The Morgan fingerprint density at radius 1 is 1.14 bits per heavy atom. The van der Waals surface area contributed by atoms with E-state index in [1.807, 2.05) is 0 Å². The Hall–Kier alpha value is -2.76. The molecule has 0 aliphatic carbocycles. The molecule has 110 valence electrons. The number of esters is 1. The molecule has 2 rings (SSSR count). The molecule has 1 heterocycles. The lowest BCUT2D eigenvalue weighted by molar-refractivity contribution is -0.132. The topological polar surface area (TPSA) is 66.8 Å². The van der Waals surface area contributed by atoms with Crippen molar-refractivity contribution in [2.75, 3.05) is 7.11 Å². The fraction of sp³-hybridized carbons (Fsp3) is 0.200. The number of aromatic nitrogens is 1. The Kier molecular flexibility index (Phi) is 4.61. The number of hydrogen-bond acceptors (Lipinski definition) is 5. The zero-order chi connectivity index (χ0) is 15.2. The van der Waals surface area contributed by atoms with Crippen LogP contribution in [0.2, 0.25) is 0 Å². The highest BCUT2D eigenvalue weighted by Gasteiger charge is 2.10. The number of benzene rings is 1. The zero-order valence-corrected chi connectivity index (χ0v) is 11.7. The van der Waals surface area contributed by atoms with E-state index in [-0.39, 0.29) is 6.61 Å². The molecule has 1 aromatic carbocycles.